The summed E-state index contributed by atoms with van der Waals surface area (Å²) in [5.41, 5.74) is 22.7. The number of anilines is 6. The van der Waals surface area contributed by atoms with Crippen LogP contribution in [0.2, 0.25) is 0 Å². The van der Waals surface area contributed by atoms with Crippen LogP contribution in [0.1, 0.15) is 49.9 Å². The Morgan fingerprint density at radius 3 is 0.957 bits per heavy atom. The van der Waals surface area contributed by atoms with Gasteiger partial charge in [-0.05, 0) is 121 Å². The average molecular weight is 885 g/mol. The highest BCUT2D eigenvalue weighted by molar-refractivity contribution is 7.00. The summed E-state index contributed by atoms with van der Waals surface area (Å²) in [5, 5.41) is 0. The van der Waals surface area contributed by atoms with E-state index >= 15 is 0 Å². The van der Waals surface area contributed by atoms with Gasteiger partial charge in [-0.15, -0.1) is 0 Å². The van der Waals surface area contributed by atoms with Crippen LogP contribution in [0.15, 0.2) is 249 Å². The molecule has 0 unspecified atom stereocenters. The molecule has 0 amide bonds. The summed E-state index contributed by atoms with van der Waals surface area (Å²) in [6, 6.07) is 92.2. The molecule has 330 valence electrons. The van der Waals surface area contributed by atoms with Gasteiger partial charge in [-0.25, -0.2) is 0 Å². The van der Waals surface area contributed by atoms with Gasteiger partial charge in [0.25, 0.3) is 6.71 Å². The minimum atomic E-state index is -0.248. The van der Waals surface area contributed by atoms with Gasteiger partial charge < -0.3 is 9.80 Å². The molecule has 2 aliphatic heterocycles. The lowest BCUT2D eigenvalue weighted by atomic mass is 9.33. The molecule has 0 aromatic heterocycles. The fraction of sp³-hybridized carbons (Fsp3) is 0.0909. The second-order valence-corrected chi connectivity index (χ2v) is 19.8. The van der Waals surface area contributed by atoms with E-state index in [0.29, 0.717) is 0 Å². The molecule has 0 radical (unpaired) electrons. The number of fused-ring (bicyclic) bond motifs is 4. The van der Waals surface area contributed by atoms with Crippen LogP contribution in [-0.4, -0.2) is 6.71 Å². The van der Waals surface area contributed by atoms with Crippen LogP contribution in [0.5, 0.6) is 0 Å². The lowest BCUT2D eigenvalue weighted by Crippen LogP contribution is -2.61. The Bertz CT molecular complexity index is 3250. The molecular formula is C66H53BN2. The molecule has 10 aromatic rings. The normalized spacial score (nSPS) is 12.8. The predicted molar refractivity (Wildman–Crippen MR) is 294 cm³/mol. The molecule has 69 heavy (non-hydrogen) atoms. The van der Waals surface area contributed by atoms with E-state index in [1.165, 1.54) is 94.8 Å². The molecule has 2 heterocycles. The minimum absolute atomic E-state index is 0.0349. The van der Waals surface area contributed by atoms with Crippen LogP contribution in [0.4, 0.5) is 34.1 Å². The van der Waals surface area contributed by atoms with Crippen LogP contribution in [0.25, 0.3) is 33.4 Å². The molecule has 0 saturated carbocycles. The van der Waals surface area contributed by atoms with E-state index in [9.17, 15) is 0 Å². The van der Waals surface area contributed by atoms with Crippen LogP contribution >= 0.6 is 0 Å². The highest BCUT2D eigenvalue weighted by Crippen LogP contribution is 2.48. The van der Waals surface area contributed by atoms with Crippen molar-refractivity contribution in [3.8, 4) is 33.4 Å². The number of benzene rings is 10. The number of hydrogen-bond acceptors (Lipinski definition) is 2. The van der Waals surface area contributed by atoms with Crippen molar-refractivity contribution in [1.82, 2.24) is 0 Å². The summed E-state index contributed by atoms with van der Waals surface area (Å²) in [7, 11) is 0. The van der Waals surface area contributed by atoms with Crippen molar-refractivity contribution in [2.75, 3.05) is 9.80 Å². The van der Waals surface area contributed by atoms with E-state index in [-0.39, 0.29) is 17.5 Å². The first kappa shape index (κ1) is 42.2. The number of hydrogen-bond donors (Lipinski definition) is 0. The zero-order valence-electron chi connectivity index (χ0n) is 39.6. The molecule has 0 bridgehead atoms. The van der Waals surface area contributed by atoms with Gasteiger partial charge in [-0.2, -0.15) is 0 Å². The number of nitrogens with zero attached hydrogens (tertiary/aromatic N) is 2. The Labute approximate surface area is 407 Å². The molecular weight excluding hydrogens is 832 g/mol. The monoisotopic (exact) mass is 884 g/mol. The first-order chi connectivity index (χ1) is 33.7. The largest absolute Gasteiger partial charge is 0.311 e. The van der Waals surface area contributed by atoms with Crippen LogP contribution in [-0.2, 0) is 10.8 Å². The smallest absolute Gasteiger partial charge is 0.252 e. The molecule has 0 atom stereocenters. The van der Waals surface area contributed by atoms with Gasteiger partial charge >= 0.3 is 0 Å². The third-order valence-corrected chi connectivity index (χ3v) is 15.1. The van der Waals surface area contributed by atoms with Crippen molar-refractivity contribution in [3.63, 3.8) is 0 Å². The standard InChI is InChI=1S/C66H53BN2/c1-65(2,52-26-16-8-17-27-52)54-34-40-58-60(44-54)68(56-36-30-49(31-37-56)46-20-10-5-11-21-46)62-42-51(48-24-14-7-15-25-48)43-63-64(62)67(58)59-41-35-55(66(3,4)53-28-18-9-19-29-53)45-61(59)69(63)57-38-32-50(33-39-57)47-22-12-6-13-23-47/h5-45H,1-4H3. The lowest BCUT2D eigenvalue weighted by molar-refractivity contribution is 0.641. The summed E-state index contributed by atoms with van der Waals surface area (Å²) < 4.78 is 0. The van der Waals surface area contributed by atoms with Crippen molar-refractivity contribution in [2.45, 2.75) is 38.5 Å². The fourth-order valence-corrected chi connectivity index (χ4v) is 11.0. The SMILES string of the molecule is CC(C)(c1ccccc1)c1ccc2c(c1)N(c1ccc(-c3ccccc3)cc1)c1cc(-c3ccccc3)cc3c1B2c1ccc(C(C)(C)c2ccccc2)cc1N3c1ccc(-c2ccccc2)cc1. The first-order valence-electron chi connectivity index (χ1n) is 24.3. The topological polar surface area (TPSA) is 6.48 Å². The average Bonchev–Trinajstić information content (AvgIpc) is 3.41. The molecule has 2 nitrogen and oxygen atoms in total. The lowest BCUT2D eigenvalue weighted by Gasteiger charge is -2.45. The molecule has 0 aliphatic carbocycles. The maximum Gasteiger partial charge on any atom is 0.252 e. The quantitative estimate of drug-likeness (QED) is 0.133. The van der Waals surface area contributed by atoms with E-state index in [0.717, 1.165) is 11.4 Å². The van der Waals surface area contributed by atoms with E-state index in [4.69, 9.17) is 0 Å². The van der Waals surface area contributed by atoms with Gasteiger partial charge in [-0.1, -0.05) is 228 Å². The Kier molecular flexibility index (Phi) is 10.3. The van der Waals surface area contributed by atoms with Gasteiger partial charge in [0.05, 0.1) is 0 Å². The highest BCUT2D eigenvalue weighted by Gasteiger charge is 2.45. The van der Waals surface area contributed by atoms with Crippen molar-refractivity contribution in [2.24, 2.45) is 0 Å². The molecule has 2 aliphatic rings. The van der Waals surface area contributed by atoms with E-state index in [1.807, 2.05) is 0 Å². The predicted octanol–water partition coefficient (Wildman–Crippen LogP) is 15.4. The van der Waals surface area contributed by atoms with Crippen LogP contribution in [0.3, 0.4) is 0 Å². The minimum Gasteiger partial charge on any atom is -0.311 e. The molecule has 0 saturated heterocycles. The summed E-state index contributed by atoms with van der Waals surface area (Å²) >= 11 is 0. The van der Waals surface area contributed by atoms with Gasteiger partial charge in [0.2, 0.25) is 0 Å². The summed E-state index contributed by atoms with van der Waals surface area (Å²) in [6.45, 7) is 9.40. The van der Waals surface area contributed by atoms with E-state index in [2.05, 4.69) is 286 Å². The second kappa shape index (κ2) is 16.9. The molecule has 3 heteroatoms. The van der Waals surface area contributed by atoms with Crippen LogP contribution in [0, 0.1) is 0 Å². The van der Waals surface area contributed by atoms with Crippen molar-refractivity contribution >= 4 is 57.2 Å². The first-order valence-corrected chi connectivity index (χ1v) is 24.3. The summed E-state index contributed by atoms with van der Waals surface area (Å²) in [4.78, 5) is 5.12. The third kappa shape index (κ3) is 7.29. The van der Waals surface area contributed by atoms with Gasteiger partial charge in [0.1, 0.15) is 0 Å². The van der Waals surface area contributed by atoms with Gasteiger partial charge in [-0.3, -0.25) is 0 Å². The zero-order chi connectivity index (χ0) is 46.7. The summed E-state index contributed by atoms with van der Waals surface area (Å²) in [5.74, 6) is 0. The zero-order valence-corrected chi connectivity index (χ0v) is 39.6. The molecule has 10 aromatic carbocycles. The Hall–Kier alpha value is -8.14. The number of rotatable bonds is 9. The second-order valence-electron chi connectivity index (χ2n) is 19.8. The molecule has 0 N–H and O–H groups in total. The molecule has 0 spiro atoms. The Balaban J connectivity index is 1.15. The third-order valence-electron chi connectivity index (χ3n) is 15.1. The molecule has 0 fully saturated rings. The summed E-state index contributed by atoms with van der Waals surface area (Å²) in [6.07, 6.45) is 0. The van der Waals surface area contributed by atoms with E-state index < -0.39 is 0 Å². The Morgan fingerprint density at radius 2 is 0.594 bits per heavy atom. The van der Waals surface area contributed by atoms with E-state index in [1.54, 1.807) is 0 Å². The maximum absolute atomic E-state index is 2.56. The van der Waals surface area contributed by atoms with Crippen molar-refractivity contribution < 1.29 is 0 Å². The molecule has 12 rings (SSSR count). The van der Waals surface area contributed by atoms with Crippen molar-refractivity contribution in [1.29, 1.82) is 0 Å². The Morgan fingerprint density at radius 1 is 0.275 bits per heavy atom. The maximum atomic E-state index is 2.56. The van der Waals surface area contributed by atoms with Gasteiger partial charge in [0, 0.05) is 45.0 Å². The fourth-order valence-electron chi connectivity index (χ4n) is 11.0. The van der Waals surface area contributed by atoms with Crippen molar-refractivity contribution in [3.05, 3.63) is 271 Å². The van der Waals surface area contributed by atoms with Crippen LogP contribution < -0.4 is 26.2 Å². The van der Waals surface area contributed by atoms with Gasteiger partial charge in [0.15, 0.2) is 0 Å². The highest BCUT2D eigenvalue weighted by atomic mass is 15.2.